The van der Waals surface area contributed by atoms with Gasteiger partial charge in [0.15, 0.2) is 5.69 Å². The van der Waals surface area contributed by atoms with Crippen LogP contribution < -0.4 is 5.32 Å². The van der Waals surface area contributed by atoms with Crippen LogP contribution in [-0.4, -0.2) is 35.9 Å². The maximum atomic E-state index is 14.0. The highest BCUT2D eigenvalue weighted by molar-refractivity contribution is 5.99. The summed E-state index contributed by atoms with van der Waals surface area (Å²) in [5.41, 5.74) is -0.911. The van der Waals surface area contributed by atoms with Crippen LogP contribution >= 0.6 is 0 Å². The highest BCUT2D eigenvalue weighted by Crippen LogP contribution is 2.38. The van der Waals surface area contributed by atoms with Gasteiger partial charge in [-0.05, 0) is 43.9 Å². The number of rotatable bonds is 5. The summed E-state index contributed by atoms with van der Waals surface area (Å²) < 4.78 is 64.8. The number of esters is 2. The van der Waals surface area contributed by atoms with Crippen LogP contribution in [0.3, 0.4) is 0 Å². The zero-order valence-corrected chi connectivity index (χ0v) is 16.7. The van der Waals surface area contributed by atoms with Crippen molar-refractivity contribution < 1.29 is 36.6 Å². The highest BCUT2D eigenvalue weighted by atomic mass is 19.4. The number of hydrogen-bond donors (Lipinski definition) is 1. The number of carbonyl (C=O) groups is 2. The summed E-state index contributed by atoms with van der Waals surface area (Å²) in [6.45, 7) is 0. The Labute approximate surface area is 174 Å². The fourth-order valence-electron chi connectivity index (χ4n) is 3.40. The van der Waals surface area contributed by atoms with E-state index in [1.165, 1.54) is 6.07 Å². The third-order valence-electron chi connectivity index (χ3n) is 4.77. The van der Waals surface area contributed by atoms with Gasteiger partial charge in [0.05, 0.1) is 31.7 Å². The van der Waals surface area contributed by atoms with E-state index in [1.54, 1.807) is 0 Å². The first-order valence-corrected chi connectivity index (χ1v) is 9.28. The first-order valence-electron chi connectivity index (χ1n) is 9.28. The third-order valence-corrected chi connectivity index (χ3v) is 4.77. The number of halogens is 4. The molecule has 0 radical (unpaired) electrons. The van der Waals surface area contributed by atoms with E-state index < -0.39 is 35.3 Å². The number of carbonyl (C=O) groups excluding carboxylic acids is 2. The van der Waals surface area contributed by atoms with Crippen molar-refractivity contribution in [3.05, 3.63) is 52.7 Å². The second-order valence-corrected chi connectivity index (χ2v) is 6.75. The maximum Gasteiger partial charge on any atom is 0.435 e. The van der Waals surface area contributed by atoms with Crippen molar-refractivity contribution in [2.45, 2.75) is 31.9 Å². The van der Waals surface area contributed by atoms with Gasteiger partial charge in [-0.25, -0.2) is 18.7 Å². The second kappa shape index (κ2) is 8.78. The molecule has 0 atom stereocenters. The minimum Gasteiger partial charge on any atom is -0.466 e. The summed E-state index contributed by atoms with van der Waals surface area (Å²) in [6, 6.07) is 3.28. The first-order chi connectivity index (χ1) is 14.7. The number of aromatic nitrogens is 2. The minimum absolute atomic E-state index is 0.0784. The molecule has 0 fully saturated rings. The lowest BCUT2D eigenvalue weighted by atomic mass is 9.95. The molecule has 2 aromatic rings. The van der Waals surface area contributed by atoms with Crippen molar-refractivity contribution in [2.24, 2.45) is 0 Å². The molecular weight excluding hydrogens is 422 g/mol. The Morgan fingerprint density at radius 1 is 1.16 bits per heavy atom. The summed E-state index contributed by atoms with van der Waals surface area (Å²) in [7, 11) is 2.16. The number of ether oxygens (including phenoxy) is 2. The normalized spacial score (nSPS) is 14.1. The maximum absolute atomic E-state index is 14.0. The van der Waals surface area contributed by atoms with Crippen LogP contribution in [0.4, 0.5) is 23.2 Å². The Morgan fingerprint density at radius 3 is 2.52 bits per heavy atom. The van der Waals surface area contributed by atoms with E-state index in [2.05, 4.69) is 19.9 Å². The fourth-order valence-corrected chi connectivity index (χ4v) is 3.40. The number of fused-ring (bicyclic) bond motifs is 1. The monoisotopic (exact) mass is 441 g/mol. The Hall–Kier alpha value is -3.37. The van der Waals surface area contributed by atoms with E-state index in [0.29, 0.717) is 25.0 Å². The smallest absolute Gasteiger partial charge is 0.435 e. The average molecular weight is 441 g/mol. The molecule has 31 heavy (non-hydrogen) atoms. The van der Waals surface area contributed by atoms with Crippen molar-refractivity contribution in [2.75, 3.05) is 19.5 Å². The van der Waals surface area contributed by atoms with Crippen molar-refractivity contribution >= 4 is 17.6 Å². The average Bonchev–Trinajstić information content (AvgIpc) is 3.12. The van der Waals surface area contributed by atoms with Gasteiger partial charge in [-0.3, -0.25) is 0 Å². The zero-order chi connectivity index (χ0) is 22.8. The molecule has 1 heterocycles. The Balaban J connectivity index is 2.15. The lowest BCUT2D eigenvalue weighted by molar-refractivity contribution is -0.142. The topological polar surface area (TPSA) is 82.5 Å². The van der Waals surface area contributed by atoms with E-state index in [0.717, 1.165) is 37.1 Å². The van der Waals surface area contributed by atoms with Gasteiger partial charge in [0.2, 0.25) is 0 Å². The molecule has 0 saturated heterocycles. The molecule has 0 bridgehead atoms. The molecule has 1 aromatic heterocycles. The summed E-state index contributed by atoms with van der Waals surface area (Å²) >= 11 is 0. The molecule has 3 rings (SSSR count). The van der Waals surface area contributed by atoms with Gasteiger partial charge < -0.3 is 14.8 Å². The molecule has 1 aliphatic rings. The molecule has 0 spiro atoms. The van der Waals surface area contributed by atoms with E-state index in [1.807, 2.05) is 0 Å². The lowest BCUT2D eigenvalue weighted by Crippen LogP contribution is -2.17. The minimum atomic E-state index is -4.65. The lowest BCUT2D eigenvalue weighted by Gasteiger charge is -2.18. The molecule has 11 heteroatoms. The summed E-state index contributed by atoms with van der Waals surface area (Å²) in [6.07, 6.45) is -2.00. The molecule has 0 unspecified atom stereocenters. The number of anilines is 1. The molecule has 1 aliphatic carbocycles. The molecule has 0 amide bonds. The van der Waals surface area contributed by atoms with Gasteiger partial charge >= 0.3 is 18.1 Å². The van der Waals surface area contributed by atoms with Crippen LogP contribution in [0, 0.1) is 5.82 Å². The van der Waals surface area contributed by atoms with Gasteiger partial charge in [0.1, 0.15) is 11.5 Å². The largest absolute Gasteiger partial charge is 0.466 e. The highest BCUT2D eigenvalue weighted by Gasteiger charge is 2.40. The van der Waals surface area contributed by atoms with Gasteiger partial charge in [0, 0.05) is 11.3 Å². The summed E-state index contributed by atoms with van der Waals surface area (Å²) in [5, 5.41) is 6.34. The molecule has 1 N–H and O–H groups in total. The van der Waals surface area contributed by atoms with Crippen molar-refractivity contribution in [1.82, 2.24) is 9.78 Å². The SMILES string of the molecule is COC(=O)/C=C(/Nc1cc(F)ccc1-n1nc(C(F)(F)F)c2c1CCCC2)C(=O)OC. The molecule has 0 saturated carbocycles. The van der Waals surface area contributed by atoms with E-state index in [-0.39, 0.29) is 23.4 Å². The first kappa shape index (κ1) is 22.3. The Morgan fingerprint density at radius 2 is 1.87 bits per heavy atom. The predicted octanol–water partition coefficient (Wildman–Crippen LogP) is 3.55. The van der Waals surface area contributed by atoms with Gasteiger partial charge in [-0.2, -0.15) is 18.3 Å². The van der Waals surface area contributed by atoms with Gasteiger partial charge in [0.25, 0.3) is 0 Å². The van der Waals surface area contributed by atoms with Crippen molar-refractivity contribution in [1.29, 1.82) is 0 Å². The number of nitrogens with one attached hydrogen (secondary N) is 1. The molecule has 0 aliphatic heterocycles. The Kier molecular flexibility index (Phi) is 6.32. The van der Waals surface area contributed by atoms with E-state index in [4.69, 9.17) is 0 Å². The standard InChI is InChI=1S/C20H19F4N3O4/c1-30-17(28)10-14(19(29)31-2)25-13-9-11(21)7-8-16(13)27-15-6-4-3-5-12(15)18(26-27)20(22,23)24/h7-10,25H,3-6H2,1-2H3/b14-10+. The molecule has 1 aromatic carbocycles. The number of methoxy groups -OCH3 is 2. The number of nitrogens with zero attached hydrogens (tertiary/aromatic N) is 2. The van der Waals surface area contributed by atoms with Crippen molar-refractivity contribution in [3.8, 4) is 5.69 Å². The quantitative estimate of drug-likeness (QED) is 0.434. The van der Waals surface area contributed by atoms with Gasteiger partial charge in [-0.15, -0.1) is 0 Å². The van der Waals surface area contributed by atoms with Crippen LogP contribution in [0.25, 0.3) is 5.69 Å². The fraction of sp³-hybridized carbons (Fsp3) is 0.350. The van der Waals surface area contributed by atoms with Crippen LogP contribution in [0.1, 0.15) is 29.8 Å². The van der Waals surface area contributed by atoms with Crippen molar-refractivity contribution in [3.63, 3.8) is 0 Å². The number of alkyl halides is 3. The van der Waals surface area contributed by atoms with Crippen LogP contribution in [0.5, 0.6) is 0 Å². The molecule has 166 valence electrons. The van der Waals surface area contributed by atoms with E-state index in [9.17, 15) is 27.2 Å². The third kappa shape index (κ3) is 4.70. The second-order valence-electron chi connectivity index (χ2n) is 6.75. The Bertz CT molecular complexity index is 1040. The van der Waals surface area contributed by atoms with Crippen LogP contribution in [-0.2, 0) is 38.1 Å². The van der Waals surface area contributed by atoms with E-state index >= 15 is 0 Å². The summed E-state index contributed by atoms with van der Waals surface area (Å²) in [5.74, 6) is -2.56. The molecular formula is C20H19F4N3O4. The van der Waals surface area contributed by atoms with Gasteiger partial charge in [-0.1, -0.05) is 0 Å². The van der Waals surface area contributed by atoms with Crippen LogP contribution in [0.2, 0.25) is 0 Å². The predicted molar refractivity (Wildman–Crippen MR) is 101 cm³/mol. The number of hydrogen-bond acceptors (Lipinski definition) is 6. The van der Waals surface area contributed by atoms with Crippen LogP contribution in [0.15, 0.2) is 30.0 Å². The zero-order valence-electron chi connectivity index (χ0n) is 16.7. The number of benzene rings is 1. The summed E-state index contributed by atoms with van der Waals surface area (Å²) in [4.78, 5) is 23.6. The molecule has 7 nitrogen and oxygen atoms in total.